The maximum atomic E-state index is 11.5. The Kier molecular flexibility index (Phi) is 4.75. The fraction of sp³-hybridized carbons (Fsp3) is 0.118. The van der Waals surface area contributed by atoms with Crippen LogP contribution in [0, 0.1) is 0 Å². The van der Waals surface area contributed by atoms with Crippen LogP contribution < -0.4 is 9.47 Å². The number of phenols is 2. The Morgan fingerprint density at radius 1 is 1.04 bits per heavy atom. The molecule has 23 heavy (non-hydrogen) atoms. The van der Waals surface area contributed by atoms with E-state index in [0.29, 0.717) is 11.1 Å². The highest BCUT2D eigenvalue weighted by atomic mass is 16.5. The van der Waals surface area contributed by atoms with Gasteiger partial charge in [-0.1, -0.05) is 12.1 Å². The van der Waals surface area contributed by atoms with Crippen molar-refractivity contribution in [1.29, 1.82) is 0 Å². The minimum atomic E-state index is -1.15. The summed E-state index contributed by atoms with van der Waals surface area (Å²) < 4.78 is 10.1. The number of aromatic hydroxyl groups is 2. The Morgan fingerprint density at radius 3 is 2.13 bits per heavy atom. The molecule has 120 valence electrons. The van der Waals surface area contributed by atoms with E-state index in [1.54, 1.807) is 12.1 Å². The summed E-state index contributed by atoms with van der Waals surface area (Å²) in [5, 5.41) is 28.8. The van der Waals surface area contributed by atoms with E-state index < -0.39 is 5.97 Å². The van der Waals surface area contributed by atoms with Crippen LogP contribution in [-0.4, -0.2) is 35.5 Å². The number of benzene rings is 2. The van der Waals surface area contributed by atoms with E-state index in [2.05, 4.69) is 0 Å². The number of methoxy groups -OCH3 is 2. The molecular weight excluding hydrogens is 300 g/mol. The van der Waals surface area contributed by atoms with Crippen molar-refractivity contribution < 1.29 is 29.6 Å². The predicted molar refractivity (Wildman–Crippen MR) is 84.8 cm³/mol. The number of rotatable bonds is 5. The van der Waals surface area contributed by atoms with Gasteiger partial charge in [0.25, 0.3) is 0 Å². The smallest absolute Gasteiger partial charge is 0.336 e. The second-order valence-electron chi connectivity index (χ2n) is 4.69. The van der Waals surface area contributed by atoms with E-state index in [4.69, 9.17) is 9.47 Å². The van der Waals surface area contributed by atoms with Crippen molar-refractivity contribution in [2.45, 2.75) is 0 Å². The Balaban J connectivity index is 2.58. The van der Waals surface area contributed by atoms with Gasteiger partial charge >= 0.3 is 5.97 Å². The number of hydrogen-bond acceptors (Lipinski definition) is 5. The maximum Gasteiger partial charge on any atom is 0.336 e. The van der Waals surface area contributed by atoms with Crippen LogP contribution in [0.2, 0.25) is 0 Å². The average molecular weight is 316 g/mol. The number of carboxylic acid groups (broad SMARTS) is 1. The number of aliphatic carboxylic acids is 1. The molecule has 2 aromatic rings. The molecule has 0 unspecified atom stereocenters. The first-order valence-corrected chi connectivity index (χ1v) is 6.65. The number of hydrogen-bond donors (Lipinski definition) is 3. The third kappa shape index (κ3) is 3.55. The van der Waals surface area contributed by atoms with Crippen molar-refractivity contribution in [2.75, 3.05) is 14.2 Å². The minimum Gasteiger partial charge on any atom is -0.508 e. The first-order chi connectivity index (χ1) is 11.0. The lowest BCUT2D eigenvalue weighted by atomic mass is 10.0. The molecule has 0 bridgehead atoms. The summed E-state index contributed by atoms with van der Waals surface area (Å²) in [5.74, 6) is -1.02. The molecule has 0 radical (unpaired) electrons. The molecule has 0 aliphatic carbocycles. The lowest BCUT2D eigenvalue weighted by Crippen LogP contribution is -2.00. The molecule has 2 aromatic carbocycles. The van der Waals surface area contributed by atoms with Gasteiger partial charge in [-0.15, -0.1) is 0 Å². The van der Waals surface area contributed by atoms with Gasteiger partial charge in [0, 0.05) is 0 Å². The van der Waals surface area contributed by atoms with Gasteiger partial charge in [0.2, 0.25) is 5.75 Å². The van der Waals surface area contributed by atoms with Crippen molar-refractivity contribution in [2.24, 2.45) is 0 Å². The molecule has 0 heterocycles. The minimum absolute atomic E-state index is 0.0179. The zero-order valence-corrected chi connectivity index (χ0v) is 12.6. The van der Waals surface area contributed by atoms with Crippen LogP contribution in [0.25, 0.3) is 11.6 Å². The van der Waals surface area contributed by atoms with Gasteiger partial charge in [0.1, 0.15) is 5.75 Å². The van der Waals surface area contributed by atoms with Gasteiger partial charge in [0.15, 0.2) is 11.5 Å². The number of phenolic OH excluding ortho intramolecular Hbond substituents is 2. The molecule has 0 fully saturated rings. The zero-order valence-electron chi connectivity index (χ0n) is 12.6. The van der Waals surface area contributed by atoms with Crippen LogP contribution in [0.15, 0.2) is 36.4 Å². The summed E-state index contributed by atoms with van der Waals surface area (Å²) in [6.07, 6.45) is 1.40. The summed E-state index contributed by atoms with van der Waals surface area (Å²) in [6.45, 7) is 0. The van der Waals surface area contributed by atoms with Crippen molar-refractivity contribution in [3.05, 3.63) is 47.5 Å². The molecule has 0 spiro atoms. The predicted octanol–water partition coefficient (Wildman–Crippen LogP) is 2.74. The summed E-state index contributed by atoms with van der Waals surface area (Å²) in [6, 6.07) is 8.92. The first kappa shape index (κ1) is 16.2. The van der Waals surface area contributed by atoms with Gasteiger partial charge in [-0.3, -0.25) is 0 Å². The zero-order chi connectivity index (χ0) is 17.0. The molecule has 0 saturated heterocycles. The molecule has 0 aromatic heterocycles. The van der Waals surface area contributed by atoms with Crippen molar-refractivity contribution in [1.82, 2.24) is 0 Å². The molecule has 0 atom stereocenters. The second-order valence-corrected chi connectivity index (χ2v) is 4.69. The molecule has 0 amide bonds. The van der Waals surface area contributed by atoms with Crippen LogP contribution in [0.5, 0.6) is 23.0 Å². The maximum absolute atomic E-state index is 11.5. The Morgan fingerprint density at radius 2 is 1.65 bits per heavy atom. The Labute approximate surface area is 132 Å². The summed E-state index contributed by atoms with van der Waals surface area (Å²) in [5.41, 5.74) is 0.802. The van der Waals surface area contributed by atoms with E-state index in [-0.39, 0.29) is 28.6 Å². The van der Waals surface area contributed by atoms with E-state index >= 15 is 0 Å². The van der Waals surface area contributed by atoms with E-state index in [0.717, 1.165) is 0 Å². The molecular formula is C17H16O6. The Hall–Kier alpha value is -3.15. The van der Waals surface area contributed by atoms with Crippen molar-refractivity contribution >= 4 is 17.6 Å². The van der Waals surface area contributed by atoms with Crippen molar-refractivity contribution in [3.8, 4) is 23.0 Å². The van der Waals surface area contributed by atoms with Crippen LogP contribution in [0.4, 0.5) is 0 Å². The fourth-order valence-electron chi connectivity index (χ4n) is 2.11. The monoisotopic (exact) mass is 316 g/mol. The van der Waals surface area contributed by atoms with Crippen LogP contribution in [0.1, 0.15) is 11.1 Å². The average Bonchev–Trinajstić information content (AvgIpc) is 2.53. The highest BCUT2D eigenvalue weighted by Gasteiger charge is 2.14. The fourth-order valence-corrected chi connectivity index (χ4v) is 2.11. The molecule has 0 aliphatic rings. The molecule has 3 N–H and O–H groups in total. The first-order valence-electron chi connectivity index (χ1n) is 6.65. The summed E-state index contributed by atoms with van der Waals surface area (Å²) >= 11 is 0. The SMILES string of the molecule is COc1cc(/C=C(\C(=O)O)c2cccc(O)c2)cc(OC)c1O. The van der Waals surface area contributed by atoms with Crippen LogP contribution in [0.3, 0.4) is 0 Å². The molecule has 2 rings (SSSR count). The highest BCUT2D eigenvalue weighted by Crippen LogP contribution is 2.38. The normalized spacial score (nSPS) is 11.1. The topological polar surface area (TPSA) is 96.2 Å². The Bertz CT molecular complexity index is 738. The van der Waals surface area contributed by atoms with Crippen LogP contribution >= 0.6 is 0 Å². The molecule has 0 aliphatic heterocycles. The largest absolute Gasteiger partial charge is 0.508 e. The standard InChI is InChI=1S/C17H16O6/c1-22-14-7-10(8-15(23-2)16(14)19)6-13(17(20)21)11-4-3-5-12(18)9-11/h3-9,18-19H,1-2H3,(H,20,21)/b13-6-. The van der Waals surface area contributed by atoms with Gasteiger partial charge in [-0.2, -0.15) is 0 Å². The van der Waals surface area contributed by atoms with Gasteiger partial charge < -0.3 is 24.8 Å². The van der Waals surface area contributed by atoms with Gasteiger partial charge in [-0.05, 0) is 41.5 Å². The van der Waals surface area contributed by atoms with Gasteiger partial charge in [0.05, 0.1) is 19.8 Å². The van der Waals surface area contributed by atoms with Crippen molar-refractivity contribution in [3.63, 3.8) is 0 Å². The third-order valence-electron chi connectivity index (χ3n) is 3.20. The molecule has 0 saturated carbocycles. The quantitative estimate of drug-likeness (QED) is 0.580. The molecule has 6 nitrogen and oxygen atoms in total. The number of carboxylic acids is 1. The van der Waals surface area contributed by atoms with E-state index in [9.17, 15) is 20.1 Å². The van der Waals surface area contributed by atoms with Crippen LogP contribution in [-0.2, 0) is 4.79 Å². The number of carbonyl (C=O) groups is 1. The second kappa shape index (κ2) is 6.74. The highest BCUT2D eigenvalue weighted by molar-refractivity contribution is 6.20. The molecule has 6 heteroatoms. The van der Waals surface area contributed by atoms with E-state index in [1.165, 1.54) is 44.6 Å². The summed E-state index contributed by atoms with van der Waals surface area (Å²) in [4.78, 5) is 11.5. The lowest BCUT2D eigenvalue weighted by Gasteiger charge is -2.10. The summed E-state index contributed by atoms with van der Waals surface area (Å²) in [7, 11) is 2.77. The lowest BCUT2D eigenvalue weighted by molar-refractivity contribution is -0.130. The van der Waals surface area contributed by atoms with E-state index in [1.807, 2.05) is 0 Å². The third-order valence-corrected chi connectivity index (χ3v) is 3.20. The van der Waals surface area contributed by atoms with Gasteiger partial charge in [-0.25, -0.2) is 4.79 Å². The number of ether oxygens (including phenoxy) is 2.